The van der Waals surface area contributed by atoms with Crippen molar-refractivity contribution in [2.75, 3.05) is 6.54 Å². The molecule has 0 aliphatic heterocycles. The topological polar surface area (TPSA) is 64.0 Å². The van der Waals surface area contributed by atoms with Crippen LogP contribution in [0.1, 0.15) is 5.82 Å². The van der Waals surface area contributed by atoms with Crippen LogP contribution in [0, 0.1) is 22.8 Å². The van der Waals surface area contributed by atoms with E-state index in [4.69, 9.17) is 6.42 Å². The molecule has 0 spiro atoms. The van der Waals surface area contributed by atoms with Gasteiger partial charge in [-0.3, -0.25) is 14.2 Å². The highest BCUT2D eigenvalue weighted by atomic mass is 127. The Bertz CT molecular complexity index is 502. The van der Waals surface area contributed by atoms with Gasteiger partial charge in [-0.1, -0.05) is 5.92 Å². The van der Waals surface area contributed by atoms with E-state index < -0.39 is 0 Å². The maximum Gasteiger partial charge on any atom is 0.267 e. The predicted molar refractivity (Wildman–Crippen MR) is 67.8 cm³/mol. The summed E-state index contributed by atoms with van der Waals surface area (Å²) in [6.45, 7) is 1.77. The van der Waals surface area contributed by atoms with Gasteiger partial charge in [0.2, 0.25) is 5.91 Å². The molecule has 5 nitrogen and oxygen atoms in total. The molecule has 0 unspecified atom stereocenters. The minimum Gasteiger partial charge on any atom is -0.344 e. The first kappa shape index (κ1) is 12.7. The first-order chi connectivity index (χ1) is 7.56. The summed E-state index contributed by atoms with van der Waals surface area (Å²) in [5, 5.41) is 2.49. The fourth-order valence-corrected chi connectivity index (χ4v) is 1.52. The van der Waals surface area contributed by atoms with Crippen molar-refractivity contribution in [3.05, 3.63) is 25.9 Å². The number of nitrogens with zero attached hydrogens (tertiary/aromatic N) is 2. The fourth-order valence-electron chi connectivity index (χ4n) is 1.09. The number of rotatable bonds is 3. The van der Waals surface area contributed by atoms with Crippen molar-refractivity contribution in [1.82, 2.24) is 14.9 Å². The molecule has 1 aromatic heterocycles. The van der Waals surface area contributed by atoms with Gasteiger partial charge in [-0.25, -0.2) is 4.98 Å². The zero-order chi connectivity index (χ0) is 12.1. The molecule has 0 bridgehead atoms. The Hall–Kier alpha value is -1.36. The van der Waals surface area contributed by atoms with Crippen molar-refractivity contribution >= 4 is 28.5 Å². The van der Waals surface area contributed by atoms with Crippen LogP contribution >= 0.6 is 22.6 Å². The molecule has 0 fully saturated rings. The maximum absolute atomic E-state index is 11.7. The lowest BCUT2D eigenvalue weighted by Crippen LogP contribution is -2.34. The monoisotopic (exact) mass is 331 g/mol. The smallest absolute Gasteiger partial charge is 0.267 e. The summed E-state index contributed by atoms with van der Waals surface area (Å²) < 4.78 is 1.79. The van der Waals surface area contributed by atoms with E-state index in [1.807, 2.05) is 22.6 Å². The fraction of sp³-hybridized carbons (Fsp3) is 0.300. The van der Waals surface area contributed by atoms with Gasteiger partial charge in [-0.2, -0.15) is 0 Å². The predicted octanol–water partition coefficient (Wildman–Crippen LogP) is -0.0943. The Morgan fingerprint density at radius 1 is 1.75 bits per heavy atom. The van der Waals surface area contributed by atoms with Gasteiger partial charge < -0.3 is 5.32 Å². The molecule has 16 heavy (non-hydrogen) atoms. The Morgan fingerprint density at radius 2 is 2.44 bits per heavy atom. The quantitative estimate of drug-likeness (QED) is 0.622. The van der Waals surface area contributed by atoms with Gasteiger partial charge in [0.15, 0.2) is 0 Å². The molecule has 0 aliphatic rings. The van der Waals surface area contributed by atoms with Crippen molar-refractivity contribution in [3.8, 4) is 12.3 Å². The molecule has 0 radical (unpaired) electrons. The van der Waals surface area contributed by atoms with E-state index in [1.165, 1.54) is 10.8 Å². The number of hydrogen-bond donors (Lipinski definition) is 1. The molecule has 0 aromatic carbocycles. The third kappa shape index (κ3) is 3.06. The van der Waals surface area contributed by atoms with E-state index in [2.05, 4.69) is 16.2 Å². The SMILES string of the molecule is C#CCNC(=O)Cn1c(C)ncc(I)c1=O. The minimum atomic E-state index is -0.299. The molecule has 0 atom stereocenters. The normalized spacial score (nSPS) is 9.56. The minimum absolute atomic E-state index is 0.0593. The summed E-state index contributed by atoms with van der Waals surface area (Å²) in [6, 6.07) is 0. The average Bonchev–Trinajstić information content (AvgIpc) is 2.27. The second-order valence-corrected chi connectivity index (χ2v) is 4.19. The molecule has 1 N–H and O–H groups in total. The highest BCUT2D eigenvalue weighted by molar-refractivity contribution is 14.1. The number of amides is 1. The molecule has 0 aliphatic carbocycles. The number of terminal acetylenes is 1. The van der Waals surface area contributed by atoms with E-state index >= 15 is 0 Å². The first-order valence-corrected chi connectivity index (χ1v) is 5.56. The van der Waals surface area contributed by atoms with Crippen LogP contribution in [0.3, 0.4) is 0 Å². The number of nitrogens with one attached hydrogen (secondary N) is 1. The molecule has 1 heterocycles. The third-order valence-electron chi connectivity index (χ3n) is 1.89. The molecule has 1 aromatic rings. The van der Waals surface area contributed by atoms with E-state index in [1.54, 1.807) is 6.92 Å². The molecular weight excluding hydrogens is 321 g/mol. The highest BCUT2D eigenvalue weighted by Gasteiger charge is 2.08. The maximum atomic E-state index is 11.7. The van der Waals surface area contributed by atoms with Crippen molar-refractivity contribution < 1.29 is 4.79 Å². The van der Waals surface area contributed by atoms with Crippen molar-refractivity contribution in [3.63, 3.8) is 0 Å². The lowest BCUT2D eigenvalue weighted by molar-refractivity contribution is -0.121. The Morgan fingerprint density at radius 3 is 3.06 bits per heavy atom. The summed E-state index contributed by atoms with van der Waals surface area (Å²) in [7, 11) is 0. The molecule has 1 amide bonds. The molecule has 6 heteroatoms. The van der Waals surface area contributed by atoms with Crippen LogP contribution in [0.4, 0.5) is 0 Å². The standard InChI is InChI=1S/C10H10IN3O2/c1-3-4-12-9(15)6-14-7(2)13-5-8(11)10(14)16/h1,5H,4,6H2,2H3,(H,12,15). The molecular formula is C10H10IN3O2. The lowest BCUT2D eigenvalue weighted by Gasteiger charge is -2.08. The van der Waals surface area contributed by atoms with Crippen LogP contribution < -0.4 is 10.9 Å². The Balaban J connectivity index is 2.90. The van der Waals surface area contributed by atoms with Crippen LogP contribution in [-0.2, 0) is 11.3 Å². The molecule has 0 saturated heterocycles. The third-order valence-corrected chi connectivity index (χ3v) is 2.63. The number of carbonyl (C=O) groups excluding carboxylic acids is 1. The van der Waals surface area contributed by atoms with Crippen LogP contribution in [-0.4, -0.2) is 22.0 Å². The van der Waals surface area contributed by atoms with Gasteiger partial charge in [0.05, 0.1) is 10.1 Å². The van der Waals surface area contributed by atoms with E-state index in [9.17, 15) is 9.59 Å². The highest BCUT2D eigenvalue weighted by Crippen LogP contribution is 1.97. The number of hydrogen-bond acceptors (Lipinski definition) is 3. The van der Waals surface area contributed by atoms with Crippen LogP contribution in [0.5, 0.6) is 0 Å². The Labute approximate surface area is 106 Å². The van der Waals surface area contributed by atoms with E-state index in [0.29, 0.717) is 9.39 Å². The summed E-state index contributed by atoms with van der Waals surface area (Å²) in [5.74, 6) is 2.49. The average molecular weight is 331 g/mol. The first-order valence-electron chi connectivity index (χ1n) is 4.48. The zero-order valence-corrected chi connectivity index (χ0v) is 10.8. The summed E-state index contributed by atoms with van der Waals surface area (Å²) >= 11 is 1.88. The van der Waals surface area contributed by atoms with Gasteiger partial charge in [0.25, 0.3) is 5.56 Å². The number of carbonyl (C=O) groups is 1. The second-order valence-electron chi connectivity index (χ2n) is 3.03. The van der Waals surface area contributed by atoms with Gasteiger partial charge in [0, 0.05) is 6.20 Å². The van der Waals surface area contributed by atoms with Crippen LogP contribution in [0.25, 0.3) is 0 Å². The lowest BCUT2D eigenvalue weighted by atomic mass is 10.4. The van der Waals surface area contributed by atoms with Crippen molar-refractivity contribution in [1.29, 1.82) is 0 Å². The number of halogens is 1. The van der Waals surface area contributed by atoms with Crippen molar-refractivity contribution in [2.24, 2.45) is 0 Å². The second kappa shape index (κ2) is 5.65. The molecule has 0 saturated carbocycles. The number of aryl methyl sites for hydroxylation is 1. The largest absolute Gasteiger partial charge is 0.344 e. The van der Waals surface area contributed by atoms with Crippen LogP contribution in [0.2, 0.25) is 0 Å². The summed E-state index contributed by atoms with van der Waals surface area (Å²) in [6.07, 6.45) is 6.49. The van der Waals surface area contributed by atoms with E-state index in [-0.39, 0.29) is 24.6 Å². The van der Waals surface area contributed by atoms with E-state index in [0.717, 1.165) is 0 Å². The van der Waals surface area contributed by atoms with Gasteiger partial charge in [0.1, 0.15) is 12.4 Å². The van der Waals surface area contributed by atoms with Gasteiger partial charge >= 0.3 is 0 Å². The Kier molecular flexibility index (Phi) is 4.49. The summed E-state index contributed by atoms with van der Waals surface area (Å²) in [4.78, 5) is 27.1. The summed E-state index contributed by atoms with van der Waals surface area (Å²) in [5.41, 5.74) is -0.219. The van der Waals surface area contributed by atoms with Crippen LogP contribution in [0.15, 0.2) is 11.0 Å². The zero-order valence-electron chi connectivity index (χ0n) is 8.66. The van der Waals surface area contributed by atoms with Gasteiger partial charge in [-0.05, 0) is 29.5 Å². The van der Waals surface area contributed by atoms with Gasteiger partial charge in [-0.15, -0.1) is 6.42 Å². The molecule has 84 valence electrons. The molecule has 1 rings (SSSR count). The van der Waals surface area contributed by atoms with Crippen molar-refractivity contribution in [2.45, 2.75) is 13.5 Å². The number of aromatic nitrogens is 2.